The van der Waals surface area contributed by atoms with Crippen LogP contribution in [0.3, 0.4) is 0 Å². The Labute approximate surface area is 843 Å². The quantitative estimate of drug-likeness (QED) is 0.0624. The highest BCUT2D eigenvalue weighted by Gasteiger charge is 2.28. The van der Waals surface area contributed by atoms with Crippen LogP contribution >= 0.6 is 11.3 Å². The topological polar surface area (TPSA) is 376 Å². The number of fused-ring (bicyclic) bond motifs is 12. The molecule has 24 rings (SSSR count). The first-order chi connectivity index (χ1) is 70.6. The van der Waals surface area contributed by atoms with Crippen LogP contribution in [-0.4, -0.2) is 103 Å². The molecule has 6 N–H and O–H groups in total. The van der Waals surface area contributed by atoms with Gasteiger partial charge in [-0.15, -0.1) is 11.3 Å². The lowest BCUT2D eigenvalue weighted by molar-refractivity contribution is 0.0686. The first-order valence-electron chi connectivity index (χ1n) is 47.0. The number of methoxy groups -OCH3 is 1. The van der Waals surface area contributed by atoms with Crippen molar-refractivity contribution in [1.29, 1.82) is 0 Å². The van der Waals surface area contributed by atoms with Gasteiger partial charge in [-0.25, -0.2) is 58.7 Å². The molecule has 0 amide bonds. The van der Waals surface area contributed by atoms with Gasteiger partial charge in [0.2, 0.25) is 0 Å². The Morgan fingerprint density at radius 2 is 0.653 bits per heavy atom. The number of hydrogen-bond acceptors (Lipinski definition) is 19. The van der Waals surface area contributed by atoms with E-state index in [9.17, 15) is 59.4 Å². The number of benzene rings is 12. The van der Waals surface area contributed by atoms with Gasteiger partial charge in [0.1, 0.15) is 62.1 Å². The molecule has 0 aliphatic rings. The zero-order valence-electron chi connectivity index (χ0n) is 82.2. The number of carbonyl (C=O) groups is 6. The number of aromatic nitrogens is 6. The number of carboxylic acid groups (broad SMARTS) is 6. The van der Waals surface area contributed by atoms with Gasteiger partial charge in [0, 0.05) is 85.8 Å². The van der Waals surface area contributed by atoms with Crippen LogP contribution in [0, 0.1) is 90.0 Å². The van der Waals surface area contributed by atoms with Crippen LogP contribution in [-0.2, 0) is 0 Å². The van der Waals surface area contributed by atoms with E-state index in [1.54, 1.807) is 61.8 Å². The summed E-state index contributed by atoms with van der Waals surface area (Å²) in [6, 6.07) is 85.2. The van der Waals surface area contributed by atoms with Gasteiger partial charge in [0.15, 0.2) is 28.8 Å². The molecule has 0 aliphatic carbocycles. The van der Waals surface area contributed by atoms with Crippen molar-refractivity contribution < 1.29 is 86.2 Å². The number of rotatable bonds is 13. The van der Waals surface area contributed by atoms with Crippen LogP contribution in [0.2, 0.25) is 0 Å². The number of aryl methyl sites for hydroxylation is 12. The smallest absolute Gasteiger partial charge is 0.338 e. The average molecular weight is 1960 g/mol. The van der Waals surface area contributed by atoms with E-state index in [1.165, 1.54) is 4.70 Å². The molecular weight excluding hydrogens is 1870 g/mol. The molecule has 0 bridgehead atoms. The minimum absolute atomic E-state index is 0.145. The minimum Gasteiger partial charge on any atom is -0.497 e. The Balaban J connectivity index is 0.000000111. The number of pyridine rings is 6. The van der Waals surface area contributed by atoms with Gasteiger partial charge in [-0.3, -0.25) is 0 Å². The SMILES string of the molecule is COc1cc(C)c2nc(-c3cc4ccccc4o3)cc(C(=O)O)c2c1.Cc1cc(C)c2nc(-c3cc4ccccc4o3)c(C(=O)O)cc2c1.Cc1cc(C)c2nc(-c3cc4ccccc4o3)c(C)c(C(=O)O)c2c1.Cc1cc(C)c2nc(-c3csc4ccccc34)cc(C(=O)O)c2c1.Cc1cc(C)c2nc(-c3oc4ccccc4c3C)cc(C(=O)O)c2c1.Cc1ccc(C)c2c(C(=O)O)cc(-c3cc4ccccc4o3)nc12. The van der Waals surface area contributed by atoms with Gasteiger partial charge in [0.25, 0.3) is 0 Å². The minimum atomic E-state index is -1.02. The molecule has 12 heterocycles. The lowest BCUT2D eigenvalue weighted by Crippen LogP contribution is -2.05. The van der Waals surface area contributed by atoms with Crippen molar-refractivity contribution in [2.24, 2.45) is 0 Å². The largest absolute Gasteiger partial charge is 0.497 e. The molecule has 0 saturated heterocycles. The molecule has 0 unspecified atom stereocenters. The second-order valence-electron chi connectivity index (χ2n) is 36.5. The van der Waals surface area contributed by atoms with Crippen LogP contribution in [0.1, 0.15) is 134 Å². The van der Waals surface area contributed by atoms with E-state index in [1.807, 2.05) is 313 Å². The highest BCUT2D eigenvalue weighted by Crippen LogP contribution is 2.43. The van der Waals surface area contributed by atoms with E-state index in [-0.39, 0.29) is 27.8 Å². The summed E-state index contributed by atoms with van der Waals surface area (Å²) in [4.78, 5) is 99.1. The summed E-state index contributed by atoms with van der Waals surface area (Å²) in [6.07, 6.45) is 0. The number of nitrogens with zero attached hydrogens (tertiary/aromatic N) is 6. The van der Waals surface area contributed by atoms with Gasteiger partial charge < -0.3 is 57.5 Å². The van der Waals surface area contributed by atoms with Crippen molar-refractivity contribution in [2.45, 2.75) is 90.0 Å². The summed E-state index contributed by atoms with van der Waals surface area (Å²) < 4.78 is 35.9. The Morgan fingerprint density at radius 1 is 0.272 bits per heavy atom. The number of furan rings is 5. The van der Waals surface area contributed by atoms with Crippen LogP contribution in [0.15, 0.2) is 300 Å². The molecule has 0 spiro atoms. The molecule has 147 heavy (non-hydrogen) atoms. The van der Waals surface area contributed by atoms with Crippen LogP contribution in [0.4, 0.5) is 0 Å². The van der Waals surface area contributed by atoms with E-state index < -0.39 is 35.8 Å². The Morgan fingerprint density at radius 3 is 1.15 bits per heavy atom. The molecule has 0 radical (unpaired) electrons. The van der Waals surface area contributed by atoms with Crippen LogP contribution in [0.25, 0.3) is 199 Å². The van der Waals surface area contributed by atoms with Gasteiger partial charge >= 0.3 is 35.8 Å². The number of aromatic carboxylic acids is 6. The van der Waals surface area contributed by atoms with Crippen LogP contribution < -0.4 is 4.74 Å². The normalized spacial score (nSPS) is 11.3. The van der Waals surface area contributed by atoms with Gasteiger partial charge in [-0.2, -0.15) is 0 Å². The van der Waals surface area contributed by atoms with Gasteiger partial charge in [-0.05, 0) is 262 Å². The summed E-state index contributed by atoms with van der Waals surface area (Å²) in [5.41, 5.74) is 25.9. The summed E-state index contributed by atoms with van der Waals surface area (Å²) in [6.45, 7) is 25.2. The van der Waals surface area contributed by atoms with Crippen molar-refractivity contribution in [1.82, 2.24) is 29.9 Å². The molecule has 12 aromatic heterocycles. The standard InChI is InChI=1S/2C21H17NO3.C20H15NO4.2C20H15NO3.C20H15NO2S/c1-11-8-12(2)19-15(9-11)16(21(23)24)10-17(22-19)20-13(3)14-6-4-5-7-18(14)25-20;1-11-8-12(2)19-15(9-11)18(21(23)24)13(3)20(22-19)17-10-14-6-4-5-7-16(14)25-17;1-11-7-13(24-2)9-14-15(20(22)23)10-16(21-19(11)14)18-8-12-5-3-4-6-17(12)25-18;1-11-7-12(2)18-14(8-11)9-15(20(22)23)19(21-18)17-10-13-5-3-4-6-16(13)24-17;1-11-7-8-12(2)19-18(11)14(20(22)23)10-15(21-19)17-9-13-5-3-4-6-16(13)24-17;1-11-7-12(2)19-14(8-11)15(20(22)23)9-17(21-19)16-10-24-18-6-4-3-5-13(16)18/h2*4-10H,1-3H3,(H,23,24);3-10H,1-2H3,(H,22,23);3*3-10H,1-2H3,(H,22,23). The maximum Gasteiger partial charge on any atom is 0.338 e. The molecule has 726 valence electrons. The maximum absolute atomic E-state index is 12.0. The lowest BCUT2D eigenvalue weighted by Gasteiger charge is -2.12. The van der Waals surface area contributed by atoms with Crippen molar-refractivity contribution in [2.75, 3.05) is 7.11 Å². The fourth-order valence-corrected chi connectivity index (χ4v) is 20.1. The van der Waals surface area contributed by atoms with Crippen molar-refractivity contribution in [3.63, 3.8) is 0 Å². The predicted molar refractivity (Wildman–Crippen MR) is 577 cm³/mol. The average Bonchev–Trinajstić information content (AvgIpc) is 1.74. The Kier molecular flexibility index (Phi) is 26.3. The van der Waals surface area contributed by atoms with Crippen molar-refractivity contribution in [3.8, 4) is 74.3 Å². The van der Waals surface area contributed by atoms with Crippen LogP contribution in [0.5, 0.6) is 5.75 Å². The molecule has 12 aromatic carbocycles. The molecule has 0 aliphatic heterocycles. The van der Waals surface area contributed by atoms with E-state index in [2.05, 4.69) is 27.1 Å². The predicted octanol–water partition coefficient (Wildman–Crippen LogP) is 30.6. The summed E-state index contributed by atoms with van der Waals surface area (Å²) in [7, 11) is 1.55. The number of para-hydroxylation sites is 5. The zero-order valence-corrected chi connectivity index (χ0v) is 83.0. The first kappa shape index (κ1) is 97.2. The highest BCUT2D eigenvalue weighted by molar-refractivity contribution is 7.17. The number of ether oxygens (including phenoxy) is 1. The Bertz CT molecular complexity index is 9440. The van der Waals surface area contributed by atoms with Crippen molar-refractivity contribution in [3.05, 3.63) is 384 Å². The van der Waals surface area contributed by atoms with Crippen molar-refractivity contribution >= 4 is 178 Å². The monoisotopic (exact) mass is 1960 g/mol. The Hall–Kier alpha value is -18.6. The molecule has 0 fully saturated rings. The van der Waals surface area contributed by atoms with Gasteiger partial charge in [-0.1, -0.05) is 168 Å². The first-order valence-corrected chi connectivity index (χ1v) is 47.9. The van der Waals surface area contributed by atoms with E-state index in [0.29, 0.717) is 134 Å². The summed E-state index contributed by atoms with van der Waals surface area (Å²) in [5.74, 6) is -2.45. The third kappa shape index (κ3) is 19.1. The third-order valence-corrected chi connectivity index (χ3v) is 26.9. The van der Waals surface area contributed by atoms with E-state index in [0.717, 1.165) is 143 Å². The second-order valence-corrected chi connectivity index (χ2v) is 37.5. The second kappa shape index (κ2) is 39.7. The third-order valence-electron chi connectivity index (χ3n) is 26.0. The van der Waals surface area contributed by atoms with E-state index in [4.69, 9.17) is 41.8 Å². The highest BCUT2D eigenvalue weighted by atomic mass is 32.1. The molecular formula is C122H94N6O18S. The fourth-order valence-electron chi connectivity index (χ4n) is 19.1. The number of thiophene rings is 1. The molecule has 24 aromatic rings. The van der Waals surface area contributed by atoms with Gasteiger partial charge in [0.05, 0.1) is 79.3 Å². The molecule has 24 nitrogen and oxygen atoms in total. The number of carboxylic acids is 6. The zero-order chi connectivity index (χ0) is 104. The molecule has 25 heteroatoms. The molecule has 0 atom stereocenters. The summed E-state index contributed by atoms with van der Waals surface area (Å²) >= 11 is 1.65. The van der Waals surface area contributed by atoms with E-state index >= 15 is 0 Å². The number of hydrogen-bond donors (Lipinski definition) is 6. The molecule has 0 saturated carbocycles. The fraction of sp³-hybridized carbons (Fsp3) is 0.115. The maximum atomic E-state index is 12.0. The lowest BCUT2D eigenvalue weighted by atomic mass is 9.97. The summed E-state index contributed by atoms with van der Waals surface area (Å²) in [5, 5.41) is 70.1.